The summed E-state index contributed by atoms with van der Waals surface area (Å²) in [5.41, 5.74) is 3.56. The Balaban J connectivity index is 1.99. The maximum Gasteiger partial charge on any atom is 0.223 e. The molecule has 0 bridgehead atoms. The van der Waals surface area contributed by atoms with Crippen molar-refractivity contribution in [3.8, 4) is 0 Å². The maximum atomic E-state index is 11.9. The number of carbonyl (C=O) groups excluding carboxylic acids is 1. The molecule has 1 atom stereocenters. The second-order valence-corrected chi connectivity index (χ2v) is 4.95. The van der Waals surface area contributed by atoms with Crippen molar-refractivity contribution in [2.45, 2.75) is 19.4 Å². The summed E-state index contributed by atoms with van der Waals surface area (Å²) in [5, 5.41) is 0. The first-order chi connectivity index (χ1) is 9.75. The summed E-state index contributed by atoms with van der Waals surface area (Å²) in [6.45, 7) is 1.61. The van der Waals surface area contributed by atoms with Crippen LogP contribution in [0.25, 0.3) is 6.08 Å². The van der Waals surface area contributed by atoms with Crippen LogP contribution in [0.2, 0.25) is 0 Å². The van der Waals surface area contributed by atoms with Crippen LogP contribution in [0.4, 0.5) is 0 Å². The van der Waals surface area contributed by atoms with E-state index in [0.717, 1.165) is 6.42 Å². The SMILES string of the molecule is CC(=O)N1C=Cc2ccccc2C1Cc1ccncc1. The number of pyridine rings is 1. The number of amides is 1. The molecule has 0 radical (unpaired) electrons. The Bertz CT molecular complexity index is 649. The van der Waals surface area contributed by atoms with Gasteiger partial charge in [-0.05, 0) is 41.3 Å². The summed E-state index contributed by atoms with van der Waals surface area (Å²) in [7, 11) is 0. The number of aromatic nitrogens is 1. The predicted octanol–water partition coefficient (Wildman–Crippen LogP) is 3.20. The van der Waals surface area contributed by atoms with Crippen molar-refractivity contribution >= 4 is 12.0 Å². The van der Waals surface area contributed by atoms with Crippen molar-refractivity contribution in [1.82, 2.24) is 9.88 Å². The summed E-state index contributed by atoms with van der Waals surface area (Å²) >= 11 is 0. The number of fused-ring (bicyclic) bond motifs is 1. The van der Waals surface area contributed by atoms with E-state index in [-0.39, 0.29) is 11.9 Å². The van der Waals surface area contributed by atoms with Gasteiger partial charge in [0.1, 0.15) is 0 Å². The largest absolute Gasteiger partial charge is 0.311 e. The summed E-state index contributed by atoms with van der Waals surface area (Å²) < 4.78 is 0. The van der Waals surface area contributed by atoms with Gasteiger partial charge in [0, 0.05) is 25.5 Å². The van der Waals surface area contributed by atoms with Gasteiger partial charge in [0.15, 0.2) is 0 Å². The zero-order valence-corrected chi connectivity index (χ0v) is 11.4. The molecule has 3 rings (SSSR count). The van der Waals surface area contributed by atoms with Crippen LogP contribution in [0.15, 0.2) is 55.0 Å². The first-order valence-corrected chi connectivity index (χ1v) is 6.70. The number of hydrogen-bond donors (Lipinski definition) is 0. The van der Waals surface area contributed by atoms with Gasteiger partial charge in [0.25, 0.3) is 0 Å². The van der Waals surface area contributed by atoms with E-state index in [1.807, 2.05) is 41.4 Å². The minimum Gasteiger partial charge on any atom is -0.311 e. The summed E-state index contributed by atoms with van der Waals surface area (Å²) in [6, 6.07) is 12.3. The average molecular weight is 264 g/mol. The van der Waals surface area contributed by atoms with Crippen molar-refractivity contribution in [3.05, 3.63) is 71.7 Å². The second-order valence-electron chi connectivity index (χ2n) is 4.95. The van der Waals surface area contributed by atoms with E-state index in [1.165, 1.54) is 16.7 Å². The first kappa shape index (κ1) is 12.6. The molecule has 0 saturated heterocycles. The fraction of sp³-hybridized carbons (Fsp3) is 0.176. The standard InChI is InChI=1S/C17H16N2O/c1-13(20)19-11-8-15-4-2-3-5-16(15)17(19)12-14-6-9-18-10-7-14/h2-11,17H,12H2,1H3. The van der Waals surface area contributed by atoms with E-state index in [9.17, 15) is 4.79 Å². The Hall–Kier alpha value is -2.42. The fourth-order valence-electron chi connectivity index (χ4n) is 2.66. The van der Waals surface area contributed by atoms with E-state index in [1.54, 1.807) is 19.3 Å². The zero-order valence-electron chi connectivity index (χ0n) is 11.4. The molecule has 0 saturated carbocycles. The molecule has 1 aromatic heterocycles. The van der Waals surface area contributed by atoms with Crippen LogP contribution in [0, 0.1) is 0 Å². The quantitative estimate of drug-likeness (QED) is 0.834. The first-order valence-electron chi connectivity index (χ1n) is 6.70. The van der Waals surface area contributed by atoms with Crippen LogP contribution in [-0.2, 0) is 11.2 Å². The molecule has 1 aliphatic rings. The molecular formula is C17H16N2O. The molecule has 1 aromatic carbocycles. The van der Waals surface area contributed by atoms with Crippen LogP contribution < -0.4 is 0 Å². The zero-order chi connectivity index (χ0) is 13.9. The highest BCUT2D eigenvalue weighted by Gasteiger charge is 2.25. The van der Waals surface area contributed by atoms with Gasteiger partial charge < -0.3 is 4.90 Å². The third kappa shape index (κ3) is 2.35. The fourth-order valence-corrected chi connectivity index (χ4v) is 2.66. The van der Waals surface area contributed by atoms with E-state index in [0.29, 0.717) is 0 Å². The van der Waals surface area contributed by atoms with Gasteiger partial charge in [-0.2, -0.15) is 0 Å². The molecule has 3 heteroatoms. The third-order valence-corrected chi connectivity index (χ3v) is 3.65. The van der Waals surface area contributed by atoms with Gasteiger partial charge in [-0.25, -0.2) is 0 Å². The molecule has 0 fully saturated rings. The molecule has 0 aliphatic carbocycles. The van der Waals surface area contributed by atoms with Gasteiger partial charge >= 0.3 is 0 Å². The smallest absolute Gasteiger partial charge is 0.223 e. The Morgan fingerprint density at radius 1 is 1.20 bits per heavy atom. The summed E-state index contributed by atoms with van der Waals surface area (Å²) in [5.74, 6) is 0.0646. The minimum atomic E-state index is 0.0519. The van der Waals surface area contributed by atoms with Crippen molar-refractivity contribution in [2.24, 2.45) is 0 Å². The number of rotatable bonds is 2. The lowest BCUT2D eigenvalue weighted by molar-refractivity contribution is -0.128. The monoisotopic (exact) mass is 264 g/mol. The summed E-state index contributed by atoms with van der Waals surface area (Å²) in [6.07, 6.45) is 8.26. The molecule has 1 amide bonds. The Morgan fingerprint density at radius 3 is 2.70 bits per heavy atom. The van der Waals surface area contributed by atoms with Crippen LogP contribution in [0.5, 0.6) is 0 Å². The van der Waals surface area contributed by atoms with Crippen LogP contribution >= 0.6 is 0 Å². The highest BCUT2D eigenvalue weighted by molar-refractivity contribution is 5.78. The molecule has 100 valence electrons. The van der Waals surface area contributed by atoms with Crippen molar-refractivity contribution in [3.63, 3.8) is 0 Å². The van der Waals surface area contributed by atoms with Crippen LogP contribution in [-0.4, -0.2) is 15.8 Å². The highest BCUT2D eigenvalue weighted by Crippen LogP contribution is 2.32. The highest BCUT2D eigenvalue weighted by atomic mass is 16.2. The molecule has 0 N–H and O–H groups in total. The maximum absolute atomic E-state index is 11.9. The molecule has 2 heterocycles. The molecule has 3 nitrogen and oxygen atoms in total. The number of carbonyl (C=O) groups is 1. The van der Waals surface area contributed by atoms with Crippen LogP contribution in [0.1, 0.15) is 29.7 Å². The van der Waals surface area contributed by atoms with E-state index in [2.05, 4.69) is 17.1 Å². The lowest BCUT2D eigenvalue weighted by atomic mass is 9.91. The van der Waals surface area contributed by atoms with Gasteiger partial charge in [0.2, 0.25) is 5.91 Å². The van der Waals surface area contributed by atoms with Gasteiger partial charge in [-0.3, -0.25) is 9.78 Å². The lowest BCUT2D eigenvalue weighted by Crippen LogP contribution is -2.32. The van der Waals surface area contributed by atoms with Crippen LogP contribution in [0.3, 0.4) is 0 Å². The van der Waals surface area contributed by atoms with Crippen molar-refractivity contribution in [1.29, 1.82) is 0 Å². The Kier molecular flexibility index (Phi) is 3.33. The minimum absolute atomic E-state index is 0.0519. The topological polar surface area (TPSA) is 33.2 Å². The number of benzene rings is 1. The van der Waals surface area contributed by atoms with Gasteiger partial charge in [-0.15, -0.1) is 0 Å². The normalized spacial score (nSPS) is 16.9. The Labute approximate surface area is 118 Å². The van der Waals surface area contributed by atoms with Crippen molar-refractivity contribution < 1.29 is 4.79 Å². The predicted molar refractivity (Wildman–Crippen MR) is 78.7 cm³/mol. The third-order valence-electron chi connectivity index (χ3n) is 3.65. The molecule has 2 aromatic rings. The molecule has 0 spiro atoms. The molecule has 20 heavy (non-hydrogen) atoms. The molecular weight excluding hydrogens is 248 g/mol. The summed E-state index contributed by atoms with van der Waals surface area (Å²) in [4.78, 5) is 17.7. The van der Waals surface area contributed by atoms with Gasteiger partial charge in [0.05, 0.1) is 6.04 Å². The molecule has 1 aliphatic heterocycles. The van der Waals surface area contributed by atoms with E-state index in [4.69, 9.17) is 0 Å². The number of hydrogen-bond acceptors (Lipinski definition) is 2. The Morgan fingerprint density at radius 2 is 1.95 bits per heavy atom. The second kappa shape index (κ2) is 5.29. The lowest BCUT2D eigenvalue weighted by Gasteiger charge is -2.32. The molecule has 1 unspecified atom stereocenters. The van der Waals surface area contributed by atoms with E-state index >= 15 is 0 Å². The van der Waals surface area contributed by atoms with Crippen molar-refractivity contribution in [2.75, 3.05) is 0 Å². The van der Waals surface area contributed by atoms with Gasteiger partial charge in [-0.1, -0.05) is 24.3 Å². The van der Waals surface area contributed by atoms with E-state index < -0.39 is 0 Å². The number of nitrogens with zero attached hydrogens (tertiary/aromatic N) is 2. The average Bonchev–Trinajstić information content (AvgIpc) is 2.48.